The van der Waals surface area contributed by atoms with E-state index in [0.717, 1.165) is 23.8 Å². The molecule has 1 saturated carbocycles. The van der Waals surface area contributed by atoms with Crippen LogP contribution < -0.4 is 9.62 Å². The lowest BCUT2D eigenvalue weighted by Gasteiger charge is -2.38. The zero-order valence-corrected chi connectivity index (χ0v) is 17.7. The molecule has 0 unspecified atom stereocenters. The molecule has 3 aliphatic rings. The first-order valence-corrected chi connectivity index (χ1v) is 11.2. The van der Waals surface area contributed by atoms with Gasteiger partial charge in [0.05, 0.1) is 28.9 Å². The third-order valence-corrected chi connectivity index (χ3v) is 7.29. The van der Waals surface area contributed by atoms with Gasteiger partial charge in [-0.2, -0.15) is 13.9 Å². The molecule has 5 rings (SSSR count). The first-order valence-electron chi connectivity index (χ1n) is 9.69. The smallest absolute Gasteiger partial charge is 0.275 e. The number of aromatic nitrogens is 2. The summed E-state index contributed by atoms with van der Waals surface area (Å²) in [6.45, 7) is 0.973. The summed E-state index contributed by atoms with van der Waals surface area (Å²) in [5.74, 6) is -0.758. The minimum absolute atomic E-state index is 0.0230. The van der Waals surface area contributed by atoms with Crippen LogP contribution in [0, 0.1) is 0 Å². The van der Waals surface area contributed by atoms with Gasteiger partial charge < -0.3 is 0 Å². The molecule has 0 saturated heterocycles. The van der Waals surface area contributed by atoms with E-state index in [9.17, 15) is 22.0 Å². The van der Waals surface area contributed by atoms with Crippen LogP contribution in [0.5, 0.6) is 0 Å². The average molecular weight is 450 g/mol. The number of anilines is 1. The number of hydrogen-bond acceptors (Lipinski definition) is 6. The highest BCUT2D eigenvalue weighted by Crippen LogP contribution is 2.41. The number of alkyl halides is 2. The molecule has 9 nitrogen and oxygen atoms in total. The van der Waals surface area contributed by atoms with Crippen LogP contribution >= 0.6 is 0 Å². The molecule has 1 amide bonds. The Morgan fingerprint density at radius 3 is 2.65 bits per heavy atom. The number of nitrogens with zero attached hydrogens (tertiary/aromatic N) is 5. The number of halogens is 2. The van der Waals surface area contributed by atoms with Crippen LogP contribution in [0.2, 0.25) is 0 Å². The number of amides is 1. The SMILES string of the molecule is Cn1cc(CN2C(=O)c3cc(S(=O)(=O)NC4(C)CC4)ccc3N3C2=NCC3(F)F)cn1. The van der Waals surface area contributed by atoms with Crippen LogP contribution in [0.1, 0.15) is 35.7 Å². The molecule has 1 N–H and O–H groups in total. The normalized spacial score (nSPS) is 21.0. The fraction of sp³-hybridized carbons (Fsp3) is 0.421. The van der Waals surface area contributed by atoms with Crippen LogP contribution in [-0.4, -0.2) is 53.1 Å². The largest absolute Gasteiger partial charge is 0.351 e. The Morgan fingerprint density at radius 2 is 2.00 bits per heavy atom. The van der Waals surface area contributed by atoms with Crippen molar-refractivity contribution in [2.45, 2.75) is 42.8 Å². The number of hydrogen-bond donors (Lipinski definition) is 1. The van der Waals surface area contributed by atoms with Crippen molar-refractivity contribution in [3.05, 3.63) is 41.7 Å². The van der Waals surface area contributed by atoms with Crippen LogP contribution in [0.3, 0.4) is 0 Å². The molecule has 164 valence electrons. The number of sulfonamides is 1. The Balaban J connectivity index is 1.58. The summed E-state index contributed by atoms with van der Waals surface area (Å²) in [5.41, 5.74) is -0.0600. The van der Waals surface area contributed by atoms with Crippen molar-refractivity contribution in [1.82, 2.24) is 19.4 Å². The highest BCUT2D eigenvalue weighted by molar-refractivity contribution is 7.89. The molecule has 31 heavy (non-hydrogen) atoms. The fourth-order valence-electron chi connectivity index (χ4n) is 3.78. The van der Waals surface area contributed by atoms with Crippen LogP contribution in [0.4, 0.5) is 14.5 Å². The molecule has 1 aromatic heterocycles. The summed E-state index contributed by atoms with van der Waals surface area (Å²) >= 11 is 0. The van der Waals surface area contributed by atoms with E-state index in [1.807, 2.05) is 0 Å². The van der Waals surface area contributed by atoms with Crippen molar-refractivity contribution < 1.29 is 22.0 Å². The highest BCUT2D eigenvalue weighted by atomic mass is 32.2. The molecule has 1 fully saturated rings. The Morgan fingerprint density at radius 1 is 1.26 bits per heavy atom. The fourth-order valence-corrected chi connectivity index (χ4v) is 5.27. The van der Waals surface area contributed by atoms with Crippen molar-refractivity contribution >= 4 is 27.6 Å². The second-order valence-electron chi connectivity index (χ2n) is 8.38. The number of guanidine groups is 1. The van der Waals surface area contributed by atoms with E-state index in [2.05, 4.69) is 14.8 Å². The summed E-state index contributed by atoms with van der Waals surface area (Å²) < 4.78 is 59.1. The van der Waals surface area contributed by atoms with Gasteiger partial charge in [0.1, 0.15) is 6.54 Å². The molecule has 0 atom stereocenters. The van der Waals surface area contributed by atoms with Gasteiger partial charge in [-0.15, -0.1) is 0 Å². The third-order valence-electron chi connectivity index (χ3n) is 5.65. The van der Waals surface area contributed by atoms with Gasteiger partial charge in [-0.3, -0.25) is 14.4 Å². The molecule has 0 spiro atoms. The molecule has 1 aliphatic carbocycles. The van der Waals surface area contributed by atoms with E-state index in [-0.39, 0.29) is 28.7 Å². The van der Waals surface area contributed by atoms with Gasteiger partial charge >= 0.3 is 6.05 Å². The Hall–Kier alpha value is -2.86. The van der Waals surface area contributed by atoms with Crippen LogP contribution in [0.15, 0.2) is 40.5 Å². The monoisotopic (exact) mass is 450 g/mol. The van der Waals surface area contributed by atoms with Gasteiger partial charge in [-0.25, -0.2) is 23.0 Å². The van der Waals surface area contributed by atoms with Gasteiger partial charge in [0.15, 0.2) is 0 Å². The van der Waals surface area contributed by atoms with Crippen molar-refractivity contribution in [2.24, 2.45) is 12.0 Å². The van der Waals surface area contributed by atoms with E-state index in [0.29, 0.717) is 10.5 Å². The summed E-state index contributed by atoms with van der Waals surface area (Å²) in [6.07, 6.45) is 4.63. The van der Waals surface area contributed by atoms with Gasteiger partial charge in [0, 0.05) is 24.3 Å². The standard InChI is InChI=1S/C19H20F2N6O3S/c1-18(5-6-18)24-31(29,30)13-3-4-15-14(7-13)16(28)26(10-12-8-23-25(2)9-12)17-22-11-19(20,21)27(15)17/h3-4,7-9,24H,5-6,10-11H2,1-2H3. The van der Waals surface area contributed by atoms with E-state index < -0.39 is 34.1 Å². The first kappa shape index (κ1) is 20.1. The maximum absolute atomic E-state index is 14.7. The van der Waals surface area contributed by atoms with E-state index in [1.165, 1.54) is 23.0 Å². The second kappa shape index (κ2) is 6.33. The number of fused-ring (bicyclic) bond motifs is 3. The van der Waals surface area contributed by atoms with E-state index in [1.54, 1.807) is 20.2 Å². The van der Waals surface area contributed by atoms with E-state index >= 15 is 0 Å². The lowest BCUT2D eigenvalue weighted by Crippen LogP contribution is -2.55. The topological polar surface area (TPSA) is 99.9 Å². The van der Waals surface area contributed by atoms with Crippen LogP contribution in [0.25, 0.3) is 0 Å². The van der Waals surface area contributed by atoms with Crippen molar-refractivity contribution in [3.8, 4) is 0 Å². The highest BCUT2D eigenvalue weighted by Gasteiger charge is 2.52. The number of nitrogens with one attached hydrogen (secondary N) is 1. The maximum atomic E-state index is 14.7. The maximum Gasteiger partial charge on any atom is 0.351 e. The summed E-state index contributed by atoms with van der Waals surface area (Å²) in [6, 6.07) is 0.307. The Labute approximate surface area is 177 Å². The van der Waals surface area contributed by atoms with Gasteiger partial charge in [0.25, 0.3) is 5.91 Å². The van der Waals surface area contributed by atoms with Crippen LogP contribution in [-0.2, 0) is 23.6 Å². The lowest BCUT2D eigenvalue weighted by atomic mass is 10.1. The molecule has 2 aliphatic heterocycles. The van der Waals surface area contributed by atoms with Crippen molar-refractivity contribution in [3.63, 3.8) is 0 Å². The summed E-state index contributed by atoms with van der Waals surface area (Å²) in [5, 5.41) is 4.04. The zero-order chi connectivity index (χ0) is 22.2. The Bertz CT molecular complexity index is 1240. The van der Waals surface area contributed by atoms with Crippen molar-refractivity contribution in [2.75, 3.05) is 11.4 Å². The molecule has 1 aromatic carbocycles. The number of carbonyl (C=O) groups excluding carboxylic acids is 1. The average Bonchev–Trinajstić information content (AvgIpc) is 3.11. The minimum atomic E-state index is -3.91. The molecular formula is C19H20F2N6O3S. The number of carbonyl (C=O) groups is 1. The molecule has 3 heterocycles. The molecule has 0 bridgehead atoms. The Kier molecular flexibility index (Phi) is 4.10. The van der Waals surface area contributed by atoms with Gasteiger partial charge in [-0.1, -0.05) is 0 Å². The van der Waals surface area contributed by atoms with Gasteiger partial charge in [0.2, 0.25) is 16.0 Å². The third kappa shape index (κ3) is 3.30. The predicted molar refractivity (Wildman–Crippen MR) is 107 cm³/mol. The second-order valence-corrected chi connectivity index (χ2v) is 10.1. The number of rotatable bonds is 5. The number of benzene rings is 1. The van der Waals surface area contributed by atoms with Gasteiger partial charge in [-0.05, 0) is 38.0 Å². The zero-order valence-electron chi connectivity index (χ0n) is 16.8. The summed E-state index contributed by atoms with van der Waals surface area (Å²) in [4.78, 5) is 18.9. The lowest BCUT2D eigenvalue weighted by molar-refractivity contribution is 0.0277. The first-order chi connectivity index (χ1) is 14.5. The molecular weight excluding hydrogens is 430 g/mol. The van der Waals surface area contributed by atoms with Crippen molar-refractivity contribution in [1.29, 1.82) is 0 Å². The number of aliphatic imine (C=N–C) groups is 1. The molecule has 2 aromatic rings. The van der Waals surface area contributed by atoms with E-state index in [4.69, 9.17) is 0 Å². The molecule has 12 heteroatoms. The quantitative estimate of drug-likeness (QED) is 0.699. The summed E-state index contributed by atoms with van der Waals surface area (Å²) in [7, 11) is -2.20. The minimum Gasteiger partial charge on any atom is -0.275 e. The molecule has 0 radical (unpaired) electrons. The predicted octanol–water partition coefficient (Wildman–Crippen LogP) is 1.68. The number of aryl methyl sites for hydroxylation is 1.